The second-order valence-corrected chi connectivity index (χ2v) is 8.07. The summed E-state index contributed by atoms with van der Waals surface area (Å²) < 4.78 is 6.36. The van der Waals surface area contributed by atoms with Crippen LogP contribution in [0.15, 0.2) is 22.7 Å². The molecule has 0 radical (unpaired) electrons. The average Bonchev–Trinajstić information content (AvgIpc) is 2.49. The predicted octanol–water partition coefficient (Wildman–Crippen LogP) is 4.34. The summed E-state index contributed by atoms with van der Waals surface area (Å²) >= 11 is 3.47. The summed E-state index contributed by atoms with van der Waals surface area (Å²) in [6.07, 6.45) is 1.23. The van der Waals surface area contributed by atoms with Crippen LogP contribution in [0.4, 0.5) is 10.5 Å². The topological polar surface area (TPSA) is 58.6 Å². The van der Waals surface area contributed by atoms with Crippen molar-refractivity contribution in [3.63, 3.8) is 0 Å². The lowest BCUT2D eigenvalue weighted by molar-refractivity contribution is -0.121. The van der Waals surface area contributed by atoms with Crippen LogP contribution < -0.4 is 5.32 Å². The molecule has 2 amide bonds. The van der Waals surface area contributed by atoms with Gasteiger partial charge in [-0.1, -0.05) is 22.0 Å². The van der Waals surface area contributed by atoms with Gasteiger partial charge in [0.1, 0.15) is 5.60 Å². The number of nitrogens with one attached hydrogen (secondary N) is 1. The summed E-state index contributed by atoms with van der Waals surface area (Å²) in [6.45, 7) is 8.55. The van der Waals surface area contributed by atoms with Gasteiger partial charge in [-0.3, -0.25) is 4.79 Å². The Labute approximate surface area is 151 Å². The second-order valence-electron chi connectivity index (χ2n) is 7.22. The van der Waals surface area contributed by atoms with Crippen LogP contribution in [-0.2, 0) is 9.53 Å². The lowest BCUT2D eigenvalue weighted by atomic mass is 9.97. The van der Waals surface area contributed by atoms with E-state index in [-0.39, 0.29) is 17.9 Å². The van der Waals surface area contributed by atoms with Crippen LogP contribution in [0.2, 0.25) is 0 Å². The zero-order chi connectivity index (χ0) is 17.9. The molecule has 2 rings (SSSR count). The van der Waals surface area contributed by atoms with Gasteiger partial charge in [0.25, 0.3) is 0 Å². The quantitative estimate of drug-likeness (QED) is 0.808. The van der Waals surface area contributed by atoms with E-state index in [1.165, 1.54) is 0 Å². The number of likely N-dealkylation sites (tertiary alicyclic amines) is 1. The van der Waals surface area contributed by atoms with Crippen molar-refractivity contribution < 1.29 is 14.3 Å². The SMILES string of the molecule is Cc1ccc(NC(=O)C2CCCN(C(=O)OC(C)(C)C)C2)cc1Br. The summed E-state index contributed by atoms with van der Waals surface area (Å²) in [6, 6.07) is 5.72. The van der Waals surface area contributed by atoms with Crippen LogP contribution in [0.5, 0.6) is 0 Å². The van der Waals surface area contributed by atoms with Gasteiger partial charge in [-0.2, -0.15) is 0 Å². The Morgan fingerprint density at radius 2 is 2.04 bits per heavy atom. The van der Waals surface area contributed by atoms with E-state index < -0.39 is 5.60 Å². The van der Waals surface area contributed by atoms with Crippen LogP contribution in [-0.4, -0.2) is 35.6 Å². The monoisotopic (exact) mass is 396 g/mol. The number of ether oxygens (including phenoxy) is 1. The number of anilines is 1. The van der Waals surface area contributed by atoms with Gasteiger partial charge in [-0.25, -0.2) is 4.79 Å². The molecule has 1 saturated heterocycles. The number of nitrogens with zero attached hydrogens (tertiary/aromatic N) is 1. The molecule has 0 aromatic heterocycles. The van der Waals surface area contributed by atoms with Crippen molar-refractivity contribution in [1.82, 2.24) is 4.90 Å². The molecule has 5 nitrogen and oxygen atoms in total. The Kier molecular flexibility index (Phi) is 5.91. The molecule has 1 fully saturated rings. The van der Waals surface area contributed by atoms with Crippen molar-refractivity contribution in [1.29, 1.82) is 0 Å². The molecule has 1 aliphatic rings. The molecule has 0 saturated carbocycles. The Hall–Kier alpha value is -1.56. The number of halogens is 1. The summed E-state index contributed by atoms with van der Waals surface area (Å²) in [4.78, 5) is 26.3. The minimum absolute atomic E-state index is 0.0565. The number of hydrogen-bond donors (Lipinski definition) is 1. The lowest BCUT2D eigenvalue weighted by Gasteiger charge is -2.33. The summed E-state index contributed by atoms with van der Waals surface area (Å²) in [5, 5.41) is 2.94. The first-order chi connectivity index (χ1) is 11.2. The van der Waals surface area contributed by atoms with E-state index in [2.05, 4.69) is 21.2 Å². The maximum atomic E-state index is 12.5. The van der Waals surface area contributed by atoms with Gasteiger partial charge in [0.15, 0.2) is 0 Å². The number of carbonyl (C=O) groups is 2. The first-order valence-electron chi connectivity index (χ1n) is 8.20. The highest BCUT2D eigenvalue weighted by molar-refractivity contribution is 9.10. The van der Waals surface area contributed by atoms with Gasteiger partial charge in [-0.15, -0.1) is 0 Å². The molecular weight excluding hydrogens is 372 g/mol. The standard InChI is InChI=1S/C18H25BrN2O3/c1-12-7-8-14(10-15(12)19)20-16(22)13-6-5-9-21(11-13)17(23)24-18(2,3)4/h7-8,10,13H,5-6,9,11H2,1-4H3,(H,20,22). The lowest BCUT2D eigenvalue weighted by Crippen LogP contribution is -2.45. The van der Waals surface area contributed by atoms with Crippen molar-refractivity contribution >= 4 is 33.6 Å². The molecule has 0 spiro atoms. The smallest absolute Gasteiger partial charge is 0.410 e. The van der Waals surface area contributed by atoms with Gasteiger partial charge >= 0.3 is 6.09 Å². The maximum Gasteiger partial charge on any atom is 0.410 e. The van der Waals surface area contributed by atoms with Crippen LogP contribution >= 0.6 is 15.9 Å². The van der Waals surface area contributed by atoms with E-state index in [0.717, 1.165) is 28.6 Å². The van der Waals surface area contributed by atoms with Crippen LogP contribution in [0.25, 0.3) is 0 Å². The van der Waals surface area contributed by atoms with Crippen molar-refractivity contribution in [2.45, 2.75) is 46.1 Å². The summed E-state index contributed by atoms with van der Waals surface area (Å²) in [7, 11) is 0. The molecule has 1 aliphatic heterocycles. The van der Waals surface area contributed by atoms with E-state index in [9.17, 15) is 9.59 Å². The highest BCUT2D eigenvalue weighted by Gasteiger charge is 2.31. The third kappa shape index (κ3) is 5.23. The normalized spacial score (nSPS) is 18.2. The fourth-order valence-electron chi connectivity index (χ4n) is 2.60. The Balaban J connectivity index is 1.97. The number of carbonyl (C=O) groups excluding carboxylic acids is 2. The molecule has 1 unspecified atom stereocenters. The number of amides is 2. The molecular formula is C18H25BrN2O3. The number of benzene rings is 1. The Morgan fingerprint density at radius 3 is 2.67 bits per heavy atom. The zero-order valence-corrected chi connectivity index (χ0v) is 16.3. The van der Waals surface area contributed by atoms with Crippen molar-refractivity contribution in [2.24, 2.45) is 5.92 Å². The third-order valence-electron chi connectivity index (χ3n) is 3.88. The molecule has 24 heavy (non-hydrogen) atoms. The zero-order valence-electron chi connectivity index (χ0n) is 14.7. The molecule has 1 atom stereocenters. The minimum Gasteiger partial charge on any atom is -0.444 e. The van der Waals surface area contributed by atoms with E-state index in [4.69, 9.17) is 4.74 Å². The van der Waals surface area contributed by atoms with E-state index in [1.54, 1.807) is 4.90 Å². The highest BCUT2D eigenvalue weighted by Crippen LogP contribution is 2.23. The number of rotatable bonds is 2. The fraction of sp³-hybridized carbons (Fsp3) is 0.556. The molecule has 0 aliphatic carbocycles. The van der Waals surface area contributed by atoms with E-state index in [0.29, 0.717) is 13.1 Å². The minimum atomic E-state index is -0.527. The van der Waals surface area contributed by atoms with Gasteiger partial charge in [0.2, 0.25) is 5.91 Å². The van der Waals surface area contributed by atoms with Crippen LogP contribution in [0.3, 0.4) is 0 Å². The number of hydrogen-bond acceptors (Lipinski definition) is 3. The van der Waals surface area contributed by atoms with Crippen molar-refractivity contribution in [2.75, 3.05) is 18.4 Å². The largest absolute Gasteiger partial charge is 0.444 e. The molecule has 1 heterocycles. The van der Waals surface area contributed by atoms with Crippen LogP contribution in [0.1, 0.15) is 39.2 Å². The van der Waals surface area contributed by atoms with Gasteiger partial charge < -0.3 is 15.0 Å². The Bertz CT molecular complexity index is 625. The third-order valence-corrected chi connectivity index (χ3v) is 4.74. The van der Waals surface area contributed by atoms with E-state index >= 15 is 0 Å². The van der Waals surface area contributed by atoms with Crippen molar-refractivity contribution in [3.05, 3.63) is 28.2 Å². The molecule has 0 bridgehead atoms. The molecule has 6 heteroatoms. The molecule has 1 aromatic carbocycles. The Morgan fingerprint density at radius 1 is 1.33 bits per heavy atom. The average molecular weight is 397 g/mol. The van der Waals surface area contributed by atoms with Gasteiger partial charge in [0, 0.05) is 23.2 Å². The van der Waals surface area contributed by atoms with Crippen molar-refractivity contribution in [3.8, 4) is 0 Å². The first-order valence-corrected chi connectivity index (χ1v) is 9.00. The highest BCUT2D eigenvalue weighted by atomic mass is 79.9. The summed E-state index contributed by atoms with van der Waals surface area (Å²) in [5.41, 5.74) is 1.34. The van der Waals surface area contributed by atoms with E-state index in [1.807, 2.05) is 45.9 Å². The summed E-state index contributed by atoms with van der Waals surface area (Å²) in [5.74, 6) is -0.273. The number of piperidine rings is 1. The molecule has 132 valence electrons. The molecule has 1 aromatic rings. The van der Waals surface area contributed by atoms with Gasteiger partial charge in [0.05, 0.1) is 5.92 Å². The first kappa shape index (κ1) is 18.8. The second kappa shape index (κ2) is 7.55. The fourth-order valence-corrected chi connectivity index (χ4v) is 2.98. The van der Waals surface area contributed by atoms with Crippen LogP contribution in [0, 0.1) is 12.8 Å². The number of aryl methyl sites for hydroxylation is 1. The maximum absolute atomic E-state index is 12.5. The van der Waals surface area contributed by atoms with Gasteiger partial charge in [-0.05, 0) is 58.2 Å². The molecule has 1 N–H and O–H groups in total. The predicted molar refractivity (Wildman–Crippen MR) is 98.0 cm³/mol.